The van der Waals surface area contributed by atoms with Gasteiger partial charge >= 0.3 is 0 Å². The molecule has 1 heterocycles. The highest BCUT2D eigenvalue weighted by Crippen LogP contribution is 1.99. The Morgan fingerprint density at radius 2 is 2.31 bits per heavy atom. The van der Waals surface area contributed by atoms with Gasteiger partial charge in [0.05, 0.1) is 0 Å². The number of piperazine rings is 1. The van der Waals surface area contributed by atoms with Gasteiger partial charge in [0.25, 0.3) is 0 Å². The monoisotopic (exact) mass is 182 g/mol. The normalized spacial score (nSPS) is 26.0. The average molecular weight is 182 g/mol. The van der Waals surface area contributed by atoms with E-state index in [2.05, 4.69) is 43.1 Å². The topological polar surface area (TPSA) is 15.3 Å². The Bertz CT molecular complexity index is 163. The van der Waals surface area contributed by atoms with Crippen molar-refractivity contribution in [2.24, 2.45) is 5.92 Å². The van der Waals surface area contributed by atoms with Crippen LogP contribution in [0.3, 0.4) is 0 Å². The van der Waals surface area contributed by atoms with E-state index in [4.69, 9.17) is 0 Å². The summed E-state index contributed by atoms with van der Waals surface area (Å²) in [5.74, 6) is 0.681. The fourth-order valence-corrected chi connectivity index (χ4v) is 1.66. The van der Waals surface area contributed by atoms with Crippen molar-refractivity contribution in [3.05, 3.63) is 12.2 Å². The first-order chi connectivity index (χ1) is 6.18. The van der Waals surface area contributed by atoms with Crippen LogP contribution < -0.4 is 5.32 Å². The Labute approximate surface area is 82.0 Å². The van der Waals surface area contributed by atoms with Gasteiger partial charge in [-0.1, -0.05) is 26.0 Å². The highest BCUT2D eigenvalue weighted by atomic mass is 15.2. The summed E-state index contributed by atoms with van der Waals surface area (Å²) in [7, 11) is 0. The van der Waals surface area contributed by atoms with Crippen LogP contribution in [-0.4, -0.2) is 37.1 Å². The third kappa shape index (κ3) is 4.44. The first kappa shape index (κ1) is 10.7. The van der Waals surface area contributed by atoms with E-state index in [1.807, 2.05) is 0 Å². The van der Waals surface area contributed by atoms with Gasteiger partial charge in [-0.05, 0) is 12.8 Å². The first-order valence-electron chi connectivity index (χ1n) is 5.31. The van der Waals surface area contributed by atoms with Gasteiger partial charge < -0.3 is 5.32 Å². The van der Waals surface area contributed by atoms with E-state index in [1.165, 1.54) is 13.1 Å². The van der Waals surface area contributed by atoms with Crippen molar-refractivity contribution in [1.29, 1.82) is 0 Å². The van der Waals surface area contributed by atoms with Crippen LogP contribution in [0.2, 0.25) is 0 Å². The number of nitrogens with one attached hydrogen (secondary N) is 1. The van der Waals surface area contributed by atoms with Crippen LogP contribution in [-0.2, 0) is 0 Å². The quantitative estimate of drug-likeness (QED) is 0.665. The zero-order valence-electron chi connectivity index (χ0n) is 9.09. The molecule has 0 spiro atoms. The highest BCUT2D eigenvalue weighted by molar-refractivity contribution is 4.89. The van der Waals surface area contributed by atoms with Crippen molar-refractivity contribution in [2.75, 3.05) is 26.2 Å². The molecule has 1 aliphatic rings. The van der Waals surface area contributed by atoms with Crippen molar-refractivity contribution >= 4 is 0 Å². The third-order valence-corrected chi connectivity index (χ3v) is 2.34. The number of allylic oxidation sites excluding steroid dienone is 1. The lowest BCUT2D eigenvalue weighted by Crippen LogP contribution is -2.49. The second kappa shape index (κ2) is 5.40. The summed E-state index contributed by atoms with van der Waals surface area (Å²) in [6.45, 7) is 11.3. The molecule has 13 heavy (non-hydrogen) atoms. The lowest BCUT2D eigenvalue weighted by Gasteiger charge is -2.30. The van der Waals surface area contributed by atoms with Gasteiger partial charge in [-0.3, -0.25) is 4.90 Å². The van der Waals surface area contributed by atoms with E-state index in [0.29, 0.717) is 12.0 Å². The second-order valence-electron chi connectivity index (χ2n) is 4.29. The van der Waals surface area contributed by atoms with Crippen LogP contribution in [0.15, 0.2) is 12.2 Å². The molecule has 1 rings (SSSR count). The molecule has 0 radical (unpaired) electrons. The lowest BCUT2D eigenvalue weighted by molar-refractivity contribution is 0.226. The molecule has 1 aliphatic heterocycles. The summed E-state index contributed by atoms with van der Waals surface area (Å²) in [6.07, 6.45) is 4.58. The first-order valence-corrected chi connectivity index (χ1v) is 5.31. The van der Waals surface area contributed by atoms with E-state index in [9.17, 15) is 0 Å². The van der Waals surface area contributed by atoms with Gasteiger partial charge in [0, 0.05) is 32.2 Å². The highest BCUT2D eigenvalue weighted by Gasteiger charge is 2.13. The molecule has 1 fully saturated rings. The van der Waals surface area contributed by atoms with Crippen molar-refractivity contribution in [3.8, 4) is 0 Å². The molecule has 0 aromatic rings. The Hall–Kier alpha value is -0.340. The van der Waals surface area contributed by atoms with E-state index in [-0.39, 0.29) is 0 Å². The van der Waals surface area contributed by atoms with Crippen LogP contribution in [0.5, 0.6) is 0 Å². The van der Waals surface area contributed by atoms with Crippen LogP contribution in [0.25, 0.3) is 0 Å². The summed E-state index contributed by atoms with van der Waals surface area (Å²) in [5.41, 5.74) is 0. The minimum Gasteiger partial charge on any atom is -0.312 e. The van der Waals surface area contributed by atoms with E-state index < -0.39 is 0 Å². The Morgan fingerprint density at radius 1 is 1.54 bits per heavy atom. The minimum absolute atomic E-state index is 0.654. The zero-order chi connectivity index (χ0) is 9.68. The number of rotatable bonds is 3. The summed E-state index contributed by atoms with van der Waals surface area (Å²) in [4.78, 5) is 2.50. The molecular weight excluding hydrogens is 160 g/mol. The SMILES string of the molecule is CC(C)/C=C/CN1CCN[C@@H](C)C1. The van der Waals surface area contributed by atoms with Gasteiger partial charge in [0.1, 0.15) is 0 Å². The molecule has 0 unspecified atom stereocenters. The second-order valence-corrected chi connectivity index (χ2v) is 4.29. The maximum atomic E-state index is 3.45. The van der Waals surface area contributed by atoms with Crippen molar-refractivity contribution in [1.82, 2.24) is 10.2 Å². The van der Waals surface area contributed by atoms with E-state index in [0.717, 1.165) is 13.1 Å². The molecule has 0 aromatic heterocycles. The van der Waals surface area contributed by atoms with Crippen LogP contribution in [0.4, 0.5) is 0 Å². The minimum atomic E-state index is 0.654. The van der Waals surface area contributed by atoms with Crippen LogP contribution in [0, 0.1) is 5.92 Å². The van der Waals surface area contributed by atoms with Gasteiger partial charge in [-0.15, -0.1) is 0 Å². The van der Waals surface area contributed by atoms with Crippen molar-refractivity contribution in [3.63, 3.8) is 0 Å². The van der Waals surface area contributed by atoms with Gasteiger partial charge in [0.15, 0.2) is 0 Å². The van der Waals surface area contributed by atoms with Crippen molar-refractivity contribution in [2.45, 2.75) is 26.8 Å². The average Bonchev–Trinajstić information content (AvgIpc) is 2.03. The number of nitrogens with zero attached hydrogens (tertiary/aromatic N) is 1. The van der Waals surface area contributed by atoms with E-state index >= 15 is 0 Å². The van der Waals surface area contributed by atoms with Gasteiger partial charge in [-0.2, -0.15) is 0 Å². The van der Waals surface area contributed by atoms with Crippen LogP contribution >= 0.6 is 0 Å². The fraction of sp³-hybridized carbons (Fsp3) is 0.818. The molecule has 2 nitrogen and oxygen atoms in total. The smallest absolute Gasteiger partial charge is 0.0167 e. The molecule has 2 heteroatoms. The largest absolute Gasteiger partial charge is 0.312 e. The Morgan fingerprint density at radius 3 is 2.92 bits per heavy atom. The summed E-state index contributed by atoms with van der Waals surface area (Å²) in [5, 5.41) is 3.45. The number of hydrogen-bond acceptors (Lipinski definition) is 2. The molecule has 1 saturated heterocycles. The number of hydrogen-bond donors (Lipinski definition) is 1. The Balaban J connectivity index is 2.20. The maximum Gasteiger partial charge on any atom is 0.0167 e. The van der Waals surface area contributed by atoms with E-state index in [1.54, 1.807) is 0 Å². The predicted octanol–water partition coefficient (Wildman–Crippen LogP) is 1.49. The maximum absolute atomic E-state index is 3.45. The van der Waals surface area contributed by atoms with Crippen molar-refractivity contribution < 1.29 is 0 Å². The molecule has 76 valence electrons. The molecule has 0 amide bonds. The molecule has 1 N–H and O–H groups in total. The zero-order valence-corrected chi connectivity index (χ0v) is 9.09. The van der Waals surface area contributed by atoms with Crippen LogP contribution in [0.1, 0.15) is 20.8 Å². The summed E-state index contributed by atoms with van der Waals surface area (Å²) < 4.78 is 0. The summed E-state index contributed by atoms with van der Waals surface area (Å²) >= 11 is 0. The molecule has 0 aliphatic carbocycles. The van der Waals surface area contributed by atoms with Gasteiger partial charge in [0.2, 0.25) is 0 Å². The molecule has 0 aromatic carbocycles. The molecule has 0 saturated carbocycles. The summed E-state index contributed by atoms with van der Waals surface area (Å²) in [6, 6.07) is 0.654. The lowest BCUT2D eigenvalue weighted by atomic mass is 10.2. The fourth-order valence-electron chi connectivity index (χ4n) is 1.66. The standard InChI is InChI=1S/C11H22N2/c1-10(2)5-4-7-13-8-6-12-11(3)9-13/h4-5,10-12H,6-9H2,1-3H3/b5-4+/t11-/m0/s1. The third-order valence-electron chi connectivity index (χ3n) is 2.34. The molecule has 1 atom stereocenters. The Kier molecular flexibility index (Phi) is 4.46. The predicted molar refractivity (Wildman–Crippen MR) is 57.9 cm³/mol. The molecule has 0 bridgehead atoms. The molecular formula is C11H22N2. The van der Waals surface area contributed by atoms with Gasteiger partial charge in [-0.25, -0.2) is 0 Å².